The highest BCUT2D eigenvalue weighted by atomic mass is 16.5. The number of para-hydroxylation sites is 1. The first kappa shape index (κ1) is 18.1. The molecule has 1 unspecified atom stereocenters. The number of ether oxygens (including phenoxy) is 1. The number of carbonyl (C=O) groups is 2. The van der Waals surface area contributed by atoms with E-state index in [0.29, 0.717) is 25.4 Å². The molecule has 1 aliphatic rings. The number of aryl methyl sites for hydroxylation is 1. The van der Waals surface area contributed by atoms with Crippen molar-refractivity contribution < 1.29 is 14.3 Å². The van der Waals surface area contributed by atoms with Gasteiger partial charge in [0.2, 0.25) is 0 Å². The van der Waals surface area contributed by atoms with E-state index in [-0.39, 0.29) is 5.92 Å². The Hall–Kier alpha value is -2.67. The van der Waals surface area contributed by atoms with Crippen LogP contribution in [0.15, 0.2) is 30.3 Å². The molecule has 0 saturated carbocycles. The van der Waals surface area contributed by atoms with E-state index in [9.17, 15) is 9.59 Å². The van der Waals surface area contributed by atoms with Crippen LogP contribution in [0.2, 0.25) is 0 Å². The molecule has 1 fully saturated rings. The Morgan fingerprint density at radius 1 is 1.38 bits per heavy atom. The first-order valence-corrected chi connectivity index (χ1v) is 8.77. The highest BCUT2D eigenvalue weighted by Gasteiger charge is 2.29. The first-order valence-electron chi connectivity index (χ1n) is 8.77. The maximum atomic E-state index is 12.6. The lowest BCUT2D eigenvalue weighted by Gasteiger charge is -2.31. The number of amides is 2. The van der Waals surface area contributed by atoms with Gasteiger partial charge in [0.05, 0.1) is 12.3 Å². The summed E-state index contributed by atoms with van der Waals surface area (Å²) in [5.74, 6) is -0.965. The van der Waals surface area contributed by atoms with Gasteiger partial charge in [0.25, 0.3) is 0 Å². The number of piperidine rings is 1. The van der Waals surface area contributed by atoms with Crippen LogP contribution in [0.4, 0.5) is 5.69 Å². The smallest absolute Gasteiger partial charge is 0.313 e. The Kier molecular flexibility index (Phi) is 5.68. The molecule has 0 spiro atoms. The Labute approximate surface area is 152 Å². The van der Waals surface area contributed by atoms with E-state index in [2.05, 4.69) is 15.5 Å². The van der Waals surface area contributed by atoms with Crippen molar-refractivity contribution in [2.45, 2.75) is 32.3 Å². The summed E-state index contributed by atoms with van der Waals surface area (Å²) in [7, 11) is 1.59. The lowest BCUT2D eigenvalue weighted by Crippen LogP contribution is -2.44. The van der Waals surface area contributed by atoms with Crippen molar-refractivity contribution in [2.75, 3.05) is 25.5 Å². The molecule has 1 aromatic heterocycles. The van der Waals surface area contributed by atoms with Crippen LogP contribution < -0.4 is 5.32 Å². The number of aromatic nitrogens is 2. The molecule has 2 heterocycles. The van der Waals surface area contributed by atoms with E-state index >= 15 is 0 Å². The molecule has 1 atom stereocenters. The predicted octanol–water partition coefficient (Wildman–Crippen LogP) is 2.21. The molecule has 0 radical (unpaired) electrons. The van der Waals surface area contributed by atoms with E-state index in [1.165, 1.54) is 0 Å². The van der Waals surface area contributed by atoms with Crippen LogP contribution in [0.1, 0.15) is 35.7 Å². The molecule has 2 amide bonds. The number of rotatable bonds is 4. The monoisotopic (exact) mass is 356 g/mol. The SMILES string of the molecule is COCc1ccccc1NC(=O)C(=O)N1CCCC(c2cc(C)[nH]n2)C1. The second kappa shape index (κ2) is 8.14. The topological polar surface area (TPSA) is 87.3 Å². The van der Waals surface area contributed by atoms with Gasteiger partial charge in [-0.1, -0.05) is 18.2 Å². The van der Waals surface area contributed by atoms with Crippen molar-refractivity contribution in [3.8, 4) is 0 Å². The van der Waals surface area contributed by atoms with Gasteiger partial charge in [-0.15, -0.1) is 0 Å². The van der Waals surface area contributed by atoms with Gasteiger partial charge < -0.3 is 15.0 Å². The minimum absolute atomic E-state index is 0.159. The molecular formula is C19H24N4O3. The number of hydrogen-bond acceptors (Lipinski definition) is 4. The van der Waals surface area contributed by atoms with Crippen LogP contribution in [-0.4, -0.2) is 47.1 Å². The molecule has 0 bridgehead atoms. The fraction of sp³-hybridized carbons (Fsp3) is 0.421. The molecule has 3 rings (SSSR count). The molecular weight excluding hydrogens is 332 g/mol. The second-order valence-corrected chi connectivity index (χ2v) is 6.61. The van der Waals surface area contributed by atoms with Gasteiger partial charge in [0.15, 0.2) is 0 Å². The van der Waals surface area contributed by atoms with Gasteiger partial charge in [-0.25, -0.2) is 0 Å². The number of H-pyrrole nitrogens is 1. The van der Waals surface area contributed by atoms with E-state index in [0.717, 1.165) is 29.8 Å². The maximum Gasteiger partial charge on any atom is 0.313 e. The lowest BCUT2D eigenvalue weighted by molar-refractivity contribution is -0.144. The van der Waals surface area contributed by atoms with Gasteiger partial charge in [0.1, 0.15) is 0 Å². The van der Waals surface area contributed by atoms with Crippen LogP contribution in [0.25, 0.3) is 0 Å². The molecule has 26 heavy (non-hydrogen) atoms. The van der Waals surface area contributed by atoms with Crippen molar-refractivity contribution in [3.05, 3.63) is 47.3 Å². The fourth-order valence-corrected chi connectivity index (χ4v) is 3.29. The summed E-state index contributed by atoms with van der Waals surface area (Å²) < 4.78 is 5.14. The average Bonchev–Trinajstić information content (AvgIpc) is 3.09. The Morgan fingerprint density at radius 2 is 2.19 bits per heavy atom. The van der Waals surface area contributed by atoms with Gasteiger partial charge in [-0.2, -0.15) is 5.10 Å². The van der Waals surface area contributed by atoms with Crippen molar-refractivity contribution in [2.24, 2.45) is 0 Å². The summed E-state index contributed by atoms with van der Waals surface area (Å²) in [6.45, 7) is 3.42. The standard InChI is InChI=1S/C19H24N4O3/c1-13-10-17(22-21-13)14-7-5-9-23(11-14)19(25)18(24)20-16-8-4-3-6-15(16)12-26-2/h3-4,6,8,10,14H,5,7,9,11-12H2,1-2H3,(H,20,24)(H,21,22). The number of carbonyl (C=O) groups excluding carboxylic acids is 2. The zero-order valence-electron chi connectivity index (χ0n) is 15.1. The number of benzene rings is 1. The molecule has 2 aromatic rings. The fourth-order valence-electron chi connectivity index (χ4n) is 3.29. The third kappa shape index (κ3) is 4.11. The number of nitrogens with zero attached hydrogens (tertiary/aromatic N) is 2. The summed E-state index contributed by atoms with van der Waals surface area (Å²) in [6.07, 6.45) is 1.82. The van der Waals surface area contributed by atoms with Gasteiger partial charge in [0, 0.05) is 43.1 Å². The number of aromatic amines is 1. The number of hydrogen-bond donors (Lipinski definition) is 2. The summed E-state index contributed by atoms with van der Waals surface area (Å²) >= 11 is 0. The highest BCUT2D eigenvalue weighted by Crippen LogP contribution is 2.26. The molecule has 2 N–H and O–H groups in total. The quantitative estimate of drug-likeness (QED) is 0.822. The summed E-state index contributed by atoms with van der Waals surface area (Å²) in [4.78, 5) is 26.7. The van der Waals surface area contributed by atoms with Crippen LogP contribution in [0, 0.1) is 6.92 Å². The van der Waals surface area contributed by atoms with Crippen LogP contribution >= 0.6 is 0 Å². The van der Waals surface area contributed by atoms with Gasteiger partial charge in [-0.05, 0) is 31.9 Å². The molecule has 7 heteroatoms. The van der Waals surface area contributed by atoms with Crippen LogP contribution in [0.3, 0.4) is 0 Å². The van der Waals surface area contributed by atoms with E-state index < -0.39 is 11.8 Å². The normalized spacial score (nSPS) is 17.2. The zero-order valence-corrected chi connectivity index (χ0v) is 15.1. The second-order valence-electron chi connectivity index (χ2n) is 6.61. The minimum Gasteiger partial charge on any atom is -0.380 e. The number of methoxy groups -OCH3 is 1. The Morgan fingerprint density at radius 3 is 2.92 bits per heavy atom. The van der Waals surface area contributed by atoms with Crippen molar-refractivity contribution in [1.29, 1.82) is 0 Å². The van der Waals surface area contributed by atoms with Crippen molar-refractivity contribution in [3.63, 3.8) is 0 Å². The Bertz CT molecular complexity index is 787. The molecule has 7 nitrogen and oxygen atoms in total. The Balaban J connectivity index is 1.65. The third-order valence-electron chi connectivity index (χ3n) is 4.61. The molecule has 0 aliphatic carbocycles. The third-order valence-corrected chi connectivity index (χ3v) is 4.61. The largest absolute Gasteiger partial charge is 0.380 e. The molecule has 1 aliphatic heterocycles. The molecule has 138 valence electrons. The van der Waals surface area contributed by atoms with Crippen LogP contribution in [0.5, 0.6) is 0 Å². The lowest BCUT2D eigenvalue weighted by atomic mass is 9.94. The first-order chi connectivity index (χ1) is 12.6. The van der Waals surface area contributed by atoms with Crippen molar-refractivity contribution in [1.82, 2.24) is 15.1 Å². The van der Waals surface area contributed by atoms with Crippen LogP contribution in [-0.2, 0) is 20.9 Å². The van der Waals surface area contributed by atoms with Gasteiger partial charge >= 0.3 is 11.8 Å². The summed E-state index contributed by atoms with van der Waals surface area (Å²) in [5, 5.41) is 9.96. The highest BCUT2D eigenvalue weighted by molar-refractivity contribution is 6.39. The summed E-state index contributed by atoms with van der Waals surface area (Å²) in [6, 6.07) is 9.31. The van der Waals surface area contributed by atoms with Gasteiger partial charge in [-0.3, -0.25) is 14.7 Å². The number of nitrogens with one attached hydrogen (secondary N) is 2. The molecule has 1 aromatic carbocycles. The zero-order chi connectivity index (χ0) is 18.5. The van der Waals surface area contributed by atoms with E-state index in [1.54, 1.807) is 18.1 Å². The number of anilines is 1. The minimum atomic E-state index is -0.618. The maximum absolute atomic E-state index is 12.6. The summed E-state index contributed by atoms with van der Waals surface area (Å²) in [5.41, 5.74) is 3.38. The van der Waals surface area contributed by atoms with E-state index in [1.807, 2.05) is 31.2 Å². The average molecular weight is 356 g/mol. The molecule has 1 saturated heterocycles. The predicted molar refractivity (Wildman–Crippen MR) is 97.7 cm³/mol. The van der Waals surface area contributed by atoms with Crippen molar-refractivity contribution >= 4 is 17.5 Å². The van der Waals surface area contributed by atoms with E-state index in [4.69, 9.17) is 4.74 Å². The number of likely N-dealkylation sites (tertiary alicyclic amines) is 1.